The molecule has 3 nitrogen and oxygen atoms in total. The Kier molecular flexibility index (Phi) is 4.05. The molecule has 1 atom stereocenters. The summed E-state index contributed by atoms with van der Waals surface area (Å²) in [6, 6.07) is 7.72. The van der Waals surface area contributed by atoms with Crippen LogP contribution in [0.25, 0.3) is 0 Å². The van der Waals surface area contributed by atoms with E-state index in [0.29, 0.717) is 25.5 Å². The van der Waals surface area contributed by atoms with E-state index in [-0.39, 0.29) is 5.91 Å². The third-order valence-electron chi connectivity index (χ3n) is 2.85. The molecule has 1 aromatic carbocycles. The van der Waals surface area contributed by atoms with Crippen molar-refractivity contribution in [3.05, 3.63) is 28.7 Å². The van der Waals surface area contributed by atoms with Crippen molar-refractivity contribution < 1.29 is 9.53 Å². The first-order valence-electron chi connectivity index (χ1n) is 5.81. The number of carbonyl (C=O) groups is 1. The number of nitrogens with zero attached hydrogens (tertiary/aromatic N) is 1. The molecule has 4 heteroatoms. The molecule has 0 saturated carbocycles. The molecule has 1 heterocycles. The number of rotatable bonds is 4. The van der Waals surface area contributed by atoms with Crippen LogP contribution in [-0.2, 0) is 4.79 Å². The molecule has 17 heavy (non-hydrogen) atoms. The molecule has 1 aromatic rings. The molecule has 0 aliphatic carbocycles. The van der Waals surface area contributed by atoms with Crippen molar-refractivity contribution in [1.82, 2.24) is 4.90 Å². The smallest absolute Gasteiger partial charge is 0.223 e. The molecule has 2 rings (SSSR count). The van der Waals surface area contributed by atoms with Gasteiger partial charge in [0.1, 0.15) is 12.4 Å². The number of hydrogen-bond donors (Lipinski definition) is 0. The first kappa shape index (κ1) is 12.4. The van der Waals surface area contributed by atoms with Gasteiger partial charge in [0, 0.05) is 17.4 Å². The predicted octanol–water partition coefficient (Wildman–Crippen LogP) is 2.70. The van der Waals surface area contributed by atoms with E-state index in [9.17, 15) is 4.79 Å². The van der Waals surface area contributed by atoms with E-state index >= 15 is 0 Å². The highest BCUT2D eigenvalue weighted by molar-refractivity contribution is 9.10. The van der Waals surface area contributed by atoms with Crippen LogP contribution in [-0.4, -0.2) is 30.5 Å². The number of likely N-dealkylation sites (tertiary alicyclic amines) is 1. The van der Waals surface area contributed by atoms with E-state index in [4.69, 9.17) is 4.74 Å². The van der Waals surface area contributed by atoms with Gasteiger partial charge in [0.15, 0.2) is 0 Å². The molecule has 0 bridgehead atoms. The standard InChI is InChI=1S/C13H16BrNO2/c1-10-8-13(16)15(9-10)6-7-17-12-4-2-11(14)3-5-12/h2-5,10H,6-9H2,1H3. The lowest BCUT2D eigenvalue weighted by Gasteiger charge is -2.16. The summed E-state index contributed by atoms with van der Waals surface area (Å²) in [5.41, 5.74) is 0. The molecule has 1 aliphatic rings. The van der Waals surface area contributed by atoms with Gasteiger partial charge >= 0.3 is 0 Å². The van der Waals surface area contributed by atoms with Crippen LogP contribution in [0.2, 0.25) is 0 Å². The predicted molar refractivity (Wildman–Crippen MR) is 70.0 cm³/mol. The van der Waals surface area contributed by atoms with E-state index in [1.807, 2.05) is 29.2 Å². The van der Waals surface area contributed by atoms with E-state index in [0.717, 1.165) is 16.8 Å². The highest BCUT2D eigenvalue weighted by Gasteiger charge is 2.25. The normalized spacial score (nSPS) is 19.8. The minimum absolute atomic E-state index is 0.247. The topological polar surface area (TPSA) is 29.5 Å². The summed E-state index contributed by atoms with van der Waals surface area (Å²) in [7, 11) is 0. The molecule has 92 valence electrons. The first-order chi connectivity index (χ1) is 8.15. The zero-order valence-electron chi connectivity index (χ0n) is 9.86. The van der Waals surface area contributed by atoms with E-state index in [2.05, 4.69) is 22.9 Å². The van der Waals surface area contributed by atoms with Gasteiger partial charge in [-0.3, -0.25) is 4.79 Å². The number of hydrogen-bond acceptors (Lipinski definition) is 2. The van der Waals surface area contributed by atoms with Crippen molar-refractivity contribution in [2.45, 2.75) is 13.3 Å². The molecule has 1 amide bonds. The molecule has 0 aromatic heterocycles. The minimum atomic E-state index is 0.247. The Hall–Kier alpha value is -1.03. The summed E-state index contributed by atoms with van der Waals surface area (Å²) in [6.45, 7) is 4.20. The molecule has 0 N–H and O–H groups in total. The molecule has 1 unspecified atom stereocenters. The van der Waals surface area contributed by atoms with Crippen LogP contribution >= 0.6 is 15.9 Å². The van der Waals surface area contributed by atoms with Crippen molar-refractivity contribution in [3.8, 4) is 5.75 Å². The summed E-state index contributed by atoms with van der Waals surface area (Å²) in [5.74, 6) is 1.57. The maximum absolute atomic E-state index is 11.5. The van der Waals surface area contributed by atoms with Gasteiger partial charge in [0.25, 0.3) is 0 Å². The van der Waals surface area contributed by atoms with Crippen molar-refractivity contribution in [1.29, 1.82) is 0 Å². The van der Waals surface area contributed by atoms with Crippen LogP contribution < -0.4 is 4.74 Å². The highest BCUT2D eigenvalue weighted by atomic mass is 79.9. The van der Waals surface area contributed by atoms with E-state index in [1.54, 1.807) is 0 Å². The highest BCUT2D eigenvalue weighted by Crippen LogP contribution is 2.18. The van der Waals surface area contributed by atoms with Crippen molar-refractivity contribution in [2.24, 2.45) is 5.92 Å². The van der Waals surface area contributed by atoms with Crippen LogP contribution in [0.4, 0.5) is 0 Å². The Labute approximate surface area is 110 Å². The third kappa shape index (κ3) is 3.46. The molecular weight excluding hydrogens is 282 g/mol. The second-order valence-corrected chi connectivity index (χ2v) is 5.37. The quantitative estimate of drug-likeness (QED) is 0.855. The first-order valence-corrected chi connectivity index (χ1v) is 6.60. The number of benzene rings is 1. The maximum Gasteiger partial charge on any atom is 0.223 e. The van der Waals surface area contributed by atoms with Gasteiger partial charge in [-0.05, 0) is 30.2 Å². The largest absolute Gasteiger partial charge is 0.492 e. The second-order valence-electron chi connectivity index (χ2n) is 4.45. The molecule has 0 spiro atoms. The SMILES string of the molecule is CC1CC(=O)N(CCOc2ccc(Br)cc2)C1. The molecular formula is C13H16BrNO2. The average molecular weight is 298 g/mol. The Morgan fingerprint density at radius 2 is 2.12 bits per heavy atom. The third-order valence-corrected chi connectivity index (χ3v) is 3.38. The van der Waals surface area contributed by atoms with Gasteiger partial charge in [0.2, 0.25) is 5.91 Å². The van der Waals surface area contributed by atoms with Gasteiger partial charge in [0.05, 0.1) is 6.54 Å². The summed E-state index contributed by atoms with van der Waals surface area (Å²) < 4.78 is 6.63. The molecule has 1 aliphatic heterocycles. The zero-order valence-corrected chi connectivity index (χ0v) is 11.4. The Morgan fingerprint density at radius 1 is 1.41 bits per heavy atom. The lowest BCUT2D eigenvalue weighted by atomic mass is 10.2. The second kappa shape index (κ2) is 5.54. The van der Waals surface area contributed by atoms with E-state index < -0.39 is 0 Å². The zero-order chi connectivity index (χ0) is 12.3. The summed E-state index contributed by atoms with van der Waals surface area (Å²) in [4.78, 5) is 13.4. The van der Waals surface area contributed by atoms with Crippen LogP contribution in [0, 0.1) is 5.92 Å². The lowest BCUT2D eigenvalue weighted by Crippen LogP contribution is -2.29. The number of amides is 1. The van der Waals surface area contributed by atoms with Gasteiger partial charge in [-0.15, -0.1) is 0 Å². The van der Waals surface area contributed by atoms with Crippen LogP contribution in [0.1, 0.15) is 13.3 Å². The fourth-order valence-electron chi connectivity index (χ4n) is 1.99. The minimum Gasteiger partial charge on any atom is -0.492 e. The maximum atomic E-state index is 11.5. The number of carbonyl (C=O) groups excluding carboxylic acids is 1. The number of halogens is 1. The van der Waals surface area contributed by atoms with E-state index in [1.165, 1.54) is 0 Å². The Balaban J connectivity index is 1.76. The van der Waals surface area contributed by atoms with Gasteiger partial charge in [-0.25, -0.2) is 0 Å². The fourth-order valence-corrected chi connectivity index (χ4v) is 2.25. The van der Waals surface area contributed by atoms with Crippen molar-refractivity contribution >= 4 is 21.8 Å². The van der Waals surface area contributed by atoms with Crippen LogP contribution in [0.15, 0.2) is 28.7 Å². The van der Waals surface area contributed by atoms with Crippen LogP contribution in [0.3, 0.4) is 0 Å². The summed E-state index contributed by atoms with van der Waals surface area (Å²) in [6.07, 6.45) is 0.679. The monoisotopic (exact) mass is 297 g/mol. The molecule has 0 radical (unpaired) electrons. The molecule has 1 fully saturated rings. The van der Waals surface area contributed by atoms with Crippen molar-refractivity contribution in [3.63, 3.8) is 0 Å². The lowest BCUT2D eigenvalue weighted by molar-refractivity contribution is -0.128. The summed E-state index contributed by atoms with van der Waals surface area (Å²) >= 11 is 3.37. The van der Waals surface area contributed by atoms with Crippen molar-refractivity contribution in [2.75, 3.05) is 19.7 Å². The average Bonchev–Trinajstić information content (AvgIpc) is 2.60. The fraction of sp³-hybridized carbons (Fsp3) is 0.462. The Bertz CT molecular complexity index is 391. The van der Waals surface area contributed by atoms with Gasteiger partial charge < -0.3 is 9.64 Å². The number of ether oxygens (including phenoxy) is 1. The van der Waals surface area contributed by atoms with Gasteiger partial charge in [-0.2, -0.15) is 0 Å². The van der Waals surface area contributed by atoms with Crippen LogP contribution in [0.5, 0.6) is 5.75 Å². The Morgan fingerprint density at radius 3 is 2.71 bits per heavy atom. The molecule has 1 saturated heterocycles. The van der Waals surface area contributed by atoms with Gasteiger partial charge in [-0.1, -0.05) is 22.9 Å². The summed E-state index contributed by atoms with van der Waals surface area (Å²) in [5, 5.41) is 0.